The number of aryl methyl sites for hydroxylation is 1. The minimum atomic E-state index is -0.152. The highest BCUT2D eigenvalue weighted by atomic mass is 16.5. The van der Waals surface area contributed by atoms with E-state index in [4.69, 9.17) is 9.15 Å². The Morgan fingerprint density at radius 3 is 3.00 bits per heavy atom. The fourth-order valence-electron chi connectivity index (χ4n) is 3.93. The lowest BCUT2D eigenvalue weighted by atomic mass is 9.85. The summed E-state index contributed by atoms with van der Waals surface area (Å²) in [6.07, 6.45) is 8.57. The summed E-state index contributed by atoms with van der Waals surface area (Å²) in [5, 5.41) is 0. The lowest BCUT2D eigenvalue weighted by Gasteiger charge is -2.31. The zero-order chi connectivity index (χ0) is 17.1. The number of rotatable bonds is 5. The number of aromatic nitrogens is 1. The van der Waals surface area contributed by atoms with E-state index >= 15 is 0 Å². The summed E-state index contributed by atoms with van der Waals surface area (Å²) in [6.45, 7) is 1.91. The van der Waals surface area contributed by atoms with Crippen molar-refractivity contribution in [1.29, 1.82) is 0 Å². The van der Waals surface area contributed by atoms with E-state index in [2.05, 4.69) is 11.1 Å². The molecule has 1 aliphatic carbocycles. The van der Waals surface area contributed by atoms with Gasteiger partial charge in [-0.25, -0.2) is 0 Å². The lowest BCUT2D eigenvalue weighted by molar-refractivity contribution is -0.135. The Morgan fingerprint density at radius 2 is 2.20 bits per heavy atom. The summed E-state index contributed by atoms with van der Waals surface area (Å²) >= 11 is 0. The summed E-state index contributed by atoms with van der Waals surface area (Å²) < 4.78 is 11.3. The van der Waals surface area contributed by atoms with Gasteiger partial charge in [0.25, 0.3) is 0 Å². The second kappa shape index (κ2) is 7.40. The molecule has 2 aromatic heterocycles. The van der Waals surface area contributed by atoms with Crippen molar-refractivity contribution in [2.75, 3.05) is 13.2 Å². The first-order valence-corrected chi connectivity index (χ1v) is 9.18. The van der Waals surface area contributed by atoms with Gasteiger partial charge in [0, 0.05) is 19.3 Å². The van der Waals surface area contributed by atoms with Crippen LogP contribution >= 0.6 is 0 Å². The Kier molecular flexibility index (Phi) is 4.83. The molecular weight excluding hydrogens is 316 g/mol. The predicted octanol–water partition coefficient (Wildman–Crippen LogP) is 3.30. The SMILES string of the molecule is O=C([C@@H]1CCCc2cccnc21)N(Cc1ccco1)C[C@@H]1CCCO1. The smallest absolute Gasteiger partial charge is 0.232 e. The van der Waals surface area contributed by atoms with Gasteiger partial charge in [-0.15, -0.1) is 0 Å². The van der Waals surface area contributed by atoms with Crippen LogP contribution in [0, 0.1) is 0 Å². The third kappa shape index (κ3) is 3.61. The largest absolute Gasteiger partial charge is 0.467 e. The van der Waals surface area contributed by atoms with Gasteiger partial charge in [-0.2, -0.15) is 0 Å². The first-order chi connectivity index (χ1) is 12.3. The maximum atomic E-state index is 13.4. The average Bonchev–Trinajstić information content (AvgIpc) is 3.34. The molecule has 25 heavy (non-hydrogen) atoms. The highest BCUT2D eigenvalue weighted by molar-refractivity contribution is 5.84. The number of pyridine rings is 1. The second-order valence-corrected chi connectivity index (χ2v) is 6.93. The molecule has 0 saturated carbocycles. The molecule has 4 rings (SSSR count). The molecule has 1 amide bonds. The van der Waals surface area contributed by atoms with E-state index in [-0.39, 0.29) is 17.9 Å². The van der Waals surface area contributed by atoms with Crippen LogP contribution in [-0.2, 0) is 22.5 Å². The molecule has 0 radical (unpaired) electrons. The highest BCUT2D eigenvalue weighted by Gasteiger charge is 2.33. The molecule has 0 bridgehead atoms. The third-order valence-electron chi connectivity index (χ3n) is 5.18. The molecule has 0 unspecified atom stereocenters. The number of hydrogen-bond acceptors (Lipinski definition) is 4. The summed E-state index contributed by atoms with van der Waals surface area (Å²) in [5.41, 5.74) is 2.16. The van der Waals surface area contributed by atoms with Crippen molar-refractivity contribution in [1.82, 2.24) is 9.88 Å². The number of amides is 1. The highest BCUT2D eigenvalue weighted by Crippen LogP contribution is 2.32. The molecule has 0 spiro atoms. The van der Waals surface area contributed by atoms with E-state index in [9.17, 15) is 4.79 Å². The zero-order valence-corrected chi connectivity index (χ0v) is 14.4. The van der Waals surface area contributed by atoms with Crippen LogP contribution in [0.1, 0.15) is 48.6 Å². The molecule has 1 saturated heterocycles. The lowest BCUT2D eigenvalue weighted by Crippen LogP contribution is -2.40. The van der Waals surface area contributed by atoms with Gasteiger partial charge in [-0.1, -0.05) is 6.07 Å². The number of ether oxygens (including phenoxy) is 1. The van der Waals surface area contributed by atoms with Crippen LogP contribution in [0.15, 0.2) is 41.1 Å². The molecule has 5 nitrogen and oxygen atoms in total. The van der Waals surface area contributed by atoms with Gasteiger partial charge in [-0.3, -0.25) is 9.78 Å². The third-order valence-corrected chi connectivity index (χ3v) is 5.18. The van der Waals surface area contributed by atoms with Crippen LogP contribution in [0.5, 0.6) is 0 Å². The van der Waals surface area contributed by atoms with Crippen LogP contribution in [0.4, 0.5) is 0 Å². The maximum absolute atomic E-state index is 13.4. The Labute approximate surface area is 148 Å². The van der Waals surface area contributed by atoms with Crippen molar-refractivity contribution in [2.45, 2.75) is 50.7 Å². The normalized spacial score (nSPS) is 22.6. The molecule has 2 aliphatic rings. The van der Waals surface area contributed by atoms with Crippen LogP contribution in [0.2, 0.25) is 0 Å². The fraction of sp³-hybridized carbons (Fsp3) is 0.500. The average molecular weight is 340 g/mol. The number of carbonyl (C=O) groups is 1. The van der Waals surface area contributed by atoms with Crippen molar-refractivity contribution in [2.24, 2.45) is 0 Å². The van der Waals surface area contributed by atoms with Crippen molar-refractivity contribution in [3.8, 4) is 0 Å². The van der Waals surface area contributed by atoms with Gasteiger partial charge in [0.05, 0.1) is 30.5 Å². The molecule has 3 heterocycles. The van der Waals surface area contributed by atoms with Crippen molar-refractivity contribution in [3.63, 3.8) is 0 Å². The number of furan rings is 1. The van der Waals surface area contributed by atoms with E-state index < -0.39 is 0 Å². The Bertz CT molecular complexity index is 707. The molecule has 0 aromatic carbocycles. The van der Waals surface area contributed by atoms with E-state index in [0.29, 0.717) is 13.1 Å². The van der Waals surface area contributed by atoms with E-state index in [1.54, 1.807) is 12.5 Å². The van der Waals surface area contributed by atoms with Crippen LogP contribution in [0.3, 0.4) is 0 Å². The standard InChI is InChI=1S/C20H24N2O3/c23-20(18-9-1-5-15-6-2-10-21-19(15)18)22(13-16-7-3-11-24-16)14-17-8-4-12-25-17/h2-3,6-7,10-11,17-18H,1,4-5,8-9,12-14H2/t17-,18+/m0/s1. The molecule has 2 aromatic rings. The van der Waals surface area contributed by atoms with Gasteiger partial charge in [0.15, 0.2) is 0 Å². The molecule has 2 atom stereocenters. The number of carbonyl (C=O) groups excluding carboxylic acids is 1. The van der Waals surface area contributed by atoms with Gasteiger partial charge in [-0.05, 0) is 55.9 Å². The molecule has 5 heteroatoms. The topological polar surface area (TPSA) is 55.6 Å². The summed E-state index contributed by atoms with van der Waals surface area (Å²) in [4.78, 5) is 19.8. The zero-order valence-electron chi connectivity index (χ0n) is 14.4. The first kappa shape index (κ1) is 16.3. The van der Waals surface area contributed by atoms with Gasteiger partial charge in [0.1, 0.15) is 5.76 Å². The van der Waals surface area contributed by atoms with Crippen LogP contribution in [0.25, 0.3) is 0 Å². The number of hydrogen-bond donors (Lipinski definition) is 0. The van der Waals surface area contributed by atoms with Gasteiger partial charge in [0.2, 0.25) is 5.91 Å². The second-order valence-electron chi connectivity index (χ2n) is 6.93. The minimum absolute atomic E-state index is 0.130. The monoisotopic (exact) mass is 340 g/mol. The predicted molar refractivity (Wildman–Crippen MR) is 93.0 cm³/mol. The number of nitrogens with zero attached hydrogens (tertiary/aromatic N) is 2. The number of fused-ring (bicyclic) bond motifs is 1. The maximum Gasteiger partial charge on any atom is 0.232 e. The van der Waals surface area contributed by atoms with Crippen molar-refractivity contribution >= 4 is 5.91 Å². The quantitative estimate of drug-likeness (QED) is 0.838. The van der Waals surface area contributed by atoms with E-state index in [1.807, 2.05) is 23.1 Å². The summed E-state index contributed by atoms with van der Waals surface area (Å²) in [5.74, 6) is 0.802. The summed E-state index contributed by atoms with van der Waals surface area (Å²) in [6, 6.07) is 7.84. The molecule has 132 valence electrons. The molecule has 1 aliphatic heterocycles. The summed E-state index contributed by atoms with van der Waals surface area (Å²) in [7, 11) is 0. The minimum Gasteiger partial charge on any atom is -0.467 e. The molecule has 0 N–H and O–H groups in total. The van der Waals surface area contributed by atoms with E-state index in [0.717, 1.165) is 50.2 Å². The Balaban J connectivity index is 1.56. The Hall–Kier alpha value is -2.14. The van der Waals surface area contributed by atoms with Crippen LogP contribution in [-0.4, -0.2) is 35.0 Å². The fourth-order valence-corrected chi connectivity index (χ4v) is 3.93. The molecular formula is C20H24N2O3. The van der Waals surface area contributed by atoms with E-state index in [1.165, 1.54) is 5.56 Å². The molecule has 1 fully saturated rings. The van der Waals surface area contributed by atoms with Crippen molar-refractivity contribution < 1.29 is 13.9 Å². The van der Waals surface area contributed by atoms with Crippen LogP contribution < -0.4 is 0 Å². The van der Waals surface area contributed by atoms with Gasteiger partial charge >= 0.3 is 0 Å². The Morgan fingerprint density at radius 1 is 1.24 bits per heavy atom. The van der Waals surface area contributed by atoms with Gasteiger partial charge < -0.3 is 14.1 Å². The van der Waals surface area contributed by atoms with Crippen molar-refractivity contribution in [3.05, 3.63) is 53.7 Å². The first-order valence-electron chi connectivity index (χ1n) is 9.18.